The van der Waals surface area contributed by atoms with Crippen LogP contribution in [0.1, 0.15) is 11.1 Å². The number of aromatic hydroxyl groups is 1. The summed E-state index contributed by atoms with van der Waals surface area (Å²) in [4.78, 5) is 15.8. The molecule has 0 radical (unpaired) electrons. The van der Waals surface area contributed by atoms with E-state index in [9.17, 15) is 9.90 Å². The van der Waals surface area contributed by atoms with Crippen LogP contribution >= 0.6 is 56.9 Å². The van der Waals surface area contributed by atoms with Gasteiger partial charge >= 0.3 is 5.16 Å². The molecule has 0 fully saturated rings. The second-order valence-corrected chi connectivity index (χ2v) is 10.3. The smallest absolute Gasteiger partial charge is 0.317 e. The SMILES string of the molecule is O=C(CSc1[nH]c2ccccc2[n+]1Cc1ccccc1)N/N=C/c1cc(I)cc(I)c1O. The molecule has 32 heavy (non-hydrogen) atoms. The highest BCUT2D eigenvalue weighted by Gasteiger charge is 2.20. The summed E-state index contributed by atoms with van der Waals surface area (Å²) >= 11 is 5.66. The number of aromatic amines is 1. The van der Waals surface area contributed by atoms with Crippen LogP contribution in [0.5, 0.6) is 5.75 Å². The highest BCUT2D eigenvalue weighted by atomic mass is 127. The largest absolute Gasteiger partial charge is 0.506 e. The van der Waals surface area contributed by atoms with Crippen molar-refractivity contribution >= 4 is 80.1 Å². The van der Waals surface area contributed by atoms with Gasteiger partial charge in [-0.05, 0) is 86.8 Å². The molecule has 0 saturated carbocycles. The number of imidazole rings is 1. The van der Waals surface area contributed by atoms with Crippen LogP contribution in [-0.4, -0.2) is 28.0 Å². The lowest BCUT2D eigenvalue weighted by molar-refractivity contribution is -0.700. The Morgan fingerprint density at radius 2 is 1.88 bits per heavy atom. The molecule has 3 N–H and O–H groups in total. The first-order valence-electron chi connectivity index (χ1n) is 9.68. The Bertz CT molecular complexity index is 1290. The average molecular weight is 669 g/mol. The van der Waals surface area contributed by atoms with Gasteiger partial charge in [-0.1, -0.05) is 42.5 Å². The maximum Gasteiger partial charge on any atom is 0.317 e. The van der Waals surface area contributed by atoms with Gasteiger partial charge in [0.1, 0.15) is 12.3 Å². The topological polar surface area (TPSA) is 81.4 Å². The second kappa shape index (κ2) is 10.7. The van der Waals surface area contributed by atoms with E-state index in [1.54, 1.807) is 6.07 Å². The van der Waals surface area contributed by atoms with Crippen LogP contribution in [0.2, 0.25) is 0 Å². The number of amides is 1. The number of H-pyrrole nitrogens is 1. The predicted octanol–water partition coefficient (Wildman–Crippen LogP) is 4.66. The number of nitrogens with zero attached hydrogens (tertiary/aromatic N) is 2. The third kappa shape index (κ3) is 5.62. The Kier molecular flexibility index (Phi) is 7.68. The van der Waals surface area contributed by atoms with Crippen molar-refractivity contribution in [3.8, 4) is 5.75 Å². The Balaban J connectivity index is 1.45. The second-order valence-electron chi connectivity index (χ2n) is 6.93. The van der Waals surface area contributed by atoms with Gasteiger partial charge in [-0.25, -0.2) is 15.0 Å². The van der Waals surface area contributed by atoms with E-state index in [0.717, 1.165) is 23.3 Å². The number of thioether (sulfide) groups is 1. The zero-order valence-corrected chi connectivity index (χ0v) is 21.9. The number of benzene rings is 3. The van der Waals surface area contributed by atoms with Gasteiger partial charge in [0.05, 0.1) is 15.5 Å². The molecular weight excluding hydrogens is 650 g/mol. The minimum Gasteiger partial charge on any atom is -0.506 e. The number of hydrogen-bond donors (Lipinski definition) is 3. The van der Waals surface area contributed by atoms with Crippen molar-refractivity contribution in [3.05, 3.63) is 85.0 Å². The van der Waals surface area contributed by atoms with Crippen LogP contribution in [0, 0.1) is 7.14 Å². The number of nitrogens with one attached hydrogen (secondary N) is 2. The number of phenols is 1. The molecule has 3 aromatic carbocycles. The average Bonchev–Trinajstić information content (AvgIpc) is 3.13. The third-order valence-corrected chi connectivity index (χ3v) is 7.10. The van der Waals surface area contributed by atoms with Crippen LogP contribution in [0.15, 0.2) is 77.0 Å². The van der Waals surface area contributed by atoms with E-state index in [2.05, 4.69) is 83.5 Å². The molecular formula is C23H19I2N4O2S+. The molecule has 0 aliphatic rings. The van der Waals surface area contributed by atoms with Gasteiger partial charge in [-0.3, -0.25) is 4.79 Å². The van der Waals surface area contributed by atoms with Gasteiger partial charge in [-0.15, -0.1) is 0 Å². The number of halogens is 2. The lowest BCUT2D eigenvalue weighted by Crippen LogP contribution is -2.36. The minimum atomic E-state index is -0.226. The molecule has 1 aromatic heterocycles. The zero-order chi connectivity index (χ0) is 22.5. The lowest BCUT2D eigenvalue weighted by atomic mass is 10.2. The summed E-state index contributed by atoms with van der Waals surface area (Å²) in [6.45, 7) is 0.706. The molecule has 162 valence electrons. The fourth-order valence-corrected chi connectivity index (χ4v) is 5.89. The van der Waals surface area contributed by atoms with Crippen molar-refractivity contribution < 1.29 is 14.5 Å². The molecule has 0 spiro atoms. The van der Waals surface area contributed by atoms with Crippen molar-refractivity contribution in [2.75, 3.05) is 5.75 Å². The van der Waals surface area contributed by atoms with Gasteiger partial charge in [0.25, 0.3) is 5.91 Å². The zero-order valence-electron chi connectivity index (χ0n) is 16.8. The van der Waals surface area contributed by atoms with Gasteiger partial charge in [0.15, 0.2) is 11.0 Å². The minimum absolute atomic E-state index is 0.151. The van der Waals surface area contributed by atoms with Gasteiger partial charge in [0.2, 0.25) is 0 Å². The Morgan fingerprint density at radius 1 is 1.12 bits per heavy atom. The standard InChI is InChI=1S/C23H18I2N4O2S/c24-17-10-16(22(31)18(25)11-17)12-26-28-21(30)14-32-23-27-19-8-4-5-9-20(19)29(23)13-15-6-2-1-3-7-15/h1-12H,13-14H2,(H2,26,28,30,31)/p+1. The fraction of sp³-hybridized carbons (Fsp3) is 0.0870. The van der Waals surface area contributed by atoms with Crippen molar-refractivity contribution in [2.45, 2.75) is 11.7 Å². The molecule has 4 aromatic rings. The first-order chi connectivity index (χ1) is 15.5. The van der Waals surface area contributed by atoms with Crippen LogP contribution in [0.4, 0.5) is 0 Å². The summed E-state index contributed by atoms with van der Waals surface area (Å²) in [7, 11) is 0. The maximum absolute atomic E-state index is 12.4. The highest BCUT2D eigenvalue weighted by Crippen LogP contribution is 2.25. The van der Waals surface area contributed by atoms with E-state index in [4.69, 9.17) is 0 Å². The van der Waals surface area contributed by atoms with E-state index >= 15 is 0 Å². The molecule has 6 nitrogen and oxygen atoms in total. The van der Waals surface area contributed by atoms with Gasteiger partial charge < -0.3 is 5.11 Å². The predicted molar refractivity (Wildman–Crippen MR) is 144 cm³/mol. The van der Waals surface area contributed by atoms with Gasteiger partial charge in [-0.2, -0.15) is 5.10 Å². The maximum atomic E-state index is 12.4. The fourth-order valence-electron chi connectivity index (χ4n) is 3.17. The van der Waals surface area contributed by atoms with Crippen LogP contribution in [0.25, 0.3) is 11.0 Å². The van der Waals surface area contributed by atoms with E-state index in [-0.39, 0.29) is 17.4 Å². The summed E-state index contributed by atoms with van der Waals surface area (Å²) in [5.41, 5.74) is 6.39. The van der Waals surface area contributed by atoms with Crippen molar-refractivity contribution in [2.24, 2.45) is 5.10 Å². The van der Waals surface area contributed by atoms with E-state index in [0.29, 0.717) is 12.1 Å². The van der Waals surface area contributed by atoms with Crippen LogP contribution in [-0.2, 0) is 11.3 Å². The molecule has 0 aliphatic heterocycles. The number of rotatable bonds is 7. The van der Waals surface area contributed by atoms with Crippen molar-refractivity contribution in [1.82, 2.24) is 10.4 Å². The number of carbonyl (C=O) groups excluding carboxylic acids is 1. The van der Waals surface area contributed by atoms with Crippen LogP contribution < -0.4 is 9.99 Å². The first-order valence-corrected chi connectivity index (χ1v) is 12.8. The van der Waals surface area contributed by atoms with Crippen molar-refractivity contribution in [1.29, 1.82) is 0 Å². The lowest BCUT2D eigenvalue weighted by Gasteiger charge is -2.04. The monoisotopic (exact) mass is 669 g/mol. The molecule has 0 aliphatic carbocycles. The summed E-state index contributed by atoms with van der Waals surface area (Å²) in [6, 6.07) is 22.0. The number of phenolic OH excluding ortho intramolecular Hbond substituents is 1. The normalized spacial score (nSPS) is 11.3. The highest BCUT2D eigenvalue weighted by molar-refractivity contribution is 14.1. The Labute approximate surface area is 216 Å². The van der Waals surface area contributed by atoms with Gasteiger partial charge in [0, 0.05) is 9.13 Å². The Hall–Kier alpha value is -2.12. The third-order valence-electron chi connectivity index (χ3n) is 4.66. The molecule has 1 heterocycles. The number of fused-ring (bicyclic) bond motifs is 1. The first kappa shape index (κ1) is 23.1. The summed E-state index contributed by atoms with van der Waals surface area (Å²) in [6.07, 6.45) is 1.46. The molecule has 9 heteroatoms. The summed E-state index contributed by atoms with van der Waals surface area (Å²) in [5, 5.41) is 15.0. The molecule has 0 unspecified atom stereocenters. The molecule has 0 bridgehead atoms. The number of carbonyl (C=O) groups is 1. The molecule has 0 atom stereocenters. The molecule has 1 amide bonds. The number of aromatic nitrogens is 2. The number of para-hydroxylation sites is 2. The molecule has 4 rings (SSSR count). The van der Waals surface area contributed by atoms with E-state index in [1.807, 2.05) is 42.5 Å². The van der Waals surface area contributed by atoms with Crippen LogP contribution in [0.3, 0.4) is 0 Å². The number of hydrogen-bond acceptors (Lipinski definition) is 4. The summed E-state index contributed by atoms with van der Waals surface area (Å²) in [5.74, 6) is 0.129. The van der Waals surface area contributed by atoms with E-state index in [1.165, 1.54) is 23.5 Å². The molecule has 0 saturated heterocycles. The quantitative estimate of drug-likeness (QED) is 0.0882. The Morgan fingerprint density at radius 3 is 2.69 bits per heavy atom. The number of hydrazone groups is 1. The van der Waals surface area contributed by atoms with Crippen molar-refractivity contribution in [3.63, 3.8) is 0 Å². The summed E-state index contributed by atoms with van der Waals surface area (Å²) < 4.78 is 3.90. The van der Waals surface area contributed by atoms with E-state index < -0.39 is 0 Å².